The number of carbonyl (C=O) groups is 1. The zero-order valence-corrected chi connectivity index (χ0v) is 12.4. The predicted octanol–water partition coefficient (Wildman–Crippen LogP) is 2.98. The topological polar surface area (TPSA) is 41.6 Å². The van der Waals surface area contributed by atoms with Gasteiger partial charge < -0.3 is 10.1 Å². The number of halogens is 1. The van der Waals surface area contributed by atoms with E-state index in [1.54, 1.807) is 22.9 Å². The van der Waals surface area contributed by atoms with Gasteiger partial charge in [-0.05, 0) is 26.8 Å². The van der Waals surface area contributed by atoms with E-state index in [2.05, 4.69) is 21.2 Å². The van der Waals surface area contributed by atoms with Crippen LogP contribution < -0.4 is 5.32 Å². The molecule has 17 heavy (non-hydrogen) atoms. The van der Waals surface area contributed by atoms with Crippen LogP contribution in [0, 0.1) is 0 Å². The first-order valence-electron chi connectivity index (χ1n) is 5.33. The highest BCUT2D eigenvalue weighted by molar-refractivity contribution is 9.11. The monoisotopic (exact) mass is 318 g/mol. The quantitative estimate of drug-likeness (QED) is 0.550. The van der Waals surface area contributed by atoms with Crippen LogP contribution in [0.1, 0.15) is 20.8 Å². The molecule has 2 aliphatic heterocycles. The minimum atomic E-state index is -0.460. The van der Waals surface area contributed by atoms with Gasteiger partial charge in [-0.2, -0.15) is 0 Å². The Morgan fingerprint density at radius 2 is 2.35 bits per heavy atom. The molecule has 0 spiro atoms. The third-order valence-corrected chi connectivity index (χ3v) is 3.93. The number of nitrogens with zero attached hydrogens (tertiary/aromatic N) is 1. The Morgan fingerprint density at radius 3 is 3.00 bits per heavy atom. The van der Waals surface area contributed by atoms with Crippen LogP contribution in [-0.2, 0) is 4.74 Å². The van der Waals surface area contributed by atoms with Gasteiger partial charge in [0, 0.05) is 16.8 Å². The summed E-state index contributed by atoms with van der Waals surface area (Å²) in [5, 5.41) is 3.26. The van der Waals surface area contributed by atoms with Gasteiger partial charge in [0.15, 0.2) is 0 Å². The molecule has 0 aromatic carbocycles. The average Bonchev–Trinajstić information content (AvgIpc) is 2.53. The third kappa shape index (κ3) is 3.19. The van der Waals surface area contributed by atoms with Crippen LogP contribution >= 0.6 is 27.7 Å². The van der Waals surface area contributed by atoms with E-state index in [0.717, 1.165) is 10.6 Å². The maximum absolute atomic E-state index is 11.9. The highest BCUT2D eigenvalue weighted by Crippen LogP contribution is 2.36. The van der Waals surface area contributed by atoms with E-state index in [4.69, 9.17) is 4.74 Å². The molecule has 2 aliphatic rings. The molecule has 0 aliphatic carbocycles. The summed E-state index contributed by atoms with van der Waals surface area (Å²) in [6.45, 7) is 6.16. The summed E-state index contributed by atoms with van der Waals surface area (Å²) in [6, 6.07) is 0. The SMILES string of the molecule is CC(C)(C)OC(=O)N1C=CC2=C(C1)SC(Br)N2. The van der Waals surface area contributed by atoms with Crippen LogP contribution in [0.3, 0.4) is 0 Å². The summed E-state index contributed by atoms with van der Waals surface area (Å²) in [5.41, 5.74) is 0.621. The van der Waals surface area contributed by atoms with Gasteiger partial charge in [-0.25, -0.2) is 4.79 Å². The molecular formula is C11H15BrN2O2S. The van der Waals surface area contributed by atoms with Crippen LogP contribution in [0.2, 0.25) is 0 Å². The van der Waals surface area contributed by atoms with Gasteiger partial charge in [0.05, 0.1) is 6.54 Å². The minimum absolute atomic E-state index is 0.190. The molecular weight excluding hydrogens is 304 g/mol. The van der Waals surface area contributed by atoms with Crippen molar-refractivity contribution in [2.24, 2.45) is 0 Å². The van der Waals surface area contributed by atoms with E-state index >= 15 is 0 Å². The van der Waals surface area contributed by atoms with Crippen molar-refractivity contribution >= 4 is 33.8 Å². The van der Waals surface area contributed by atoms with Gasteiger partial charge in [0.2, 0.25) is 0 Å². The fourth-order valence-corrected chi connectivity index (χ4v) is 3.33. The number of ether oxygens (including phenoxy) is 1. The molecule has 94 valence electrons. The molecule has 0 radical (unpaired) electrons. The molecule has 0 aromatic heterocycles. The van der Waals surface area contributed by atoms with Crippen molar-refractivity contribution in [3.63, 3.8) is 0 Å². The molecule has 6 heteroatoms. The van der Waals surface area contributed by atoms with Crippen molar-refractivity contribution < 1.29 is 9.53 Å². The van der Waals surface area contributed by atoms with Crippen LogP contribution in [0.25, 0.3) is 0 Å². The van der Waals surface area contributed by atoms with Gasteiger partial charge in [-0.1, -0.05) is 27.7 Å². The van der Waals surface area contributed by atoms with E-state index in [1.165, 1.54) is 0 Å². The number of hydrogen-bond donors (Lipinski definition) is 1. The maximum Gasteiger partial charge on any atom is 0.414 e. The van der Waals surface area contributed by atoms with E-state index in [9.17, 15) is 4.79 Å². The Bertz CT molecular complexity index is 401. The summed E-state index contributed by atoms with van der Waals surface area (Å²) < 4.78 is 5.51. The number of allylic oxidation sites excluding steroid dienone is 1. The Balaban J connectivity index is 1.99. The second kappa shape index (κ2) is 4.57. The lowest BCUT2D eigenvalue weighted by atomic mass is 10.2. The summed E-state index contributed by atoms with van der Waals surface area (Å²) in [7, 11) is 0. The van der Waals surface area contributed by atoms with Crippen molar-refractivity contribution in [3.8, 4) is 0 Å². The summed E-state index contributed by atoms with van der Waals surface area (Å²) >= 11 is 5.15. The van der Waals surface area contributed by atoms with E-state index in [0.29, 0.717) is 6.54 Å². The molecule has 0 saturated carbocycles. The Morgan fingerprint density at radius 1 is 1.65 bits per heavy atom. The molecule has 0 bridgehead atoms. The molecule has 0 aromatic rings. The van der Waals surface area contributed by atoms with Crippen LogP contribution in [-0.4, -0.2) is 27.4 Å². The first kappa shape index (κ1) is 12.8. The fourth-order valence-electron chi connectivity index (χ4n) is 1.50. The standard InChI is InChI=1S/C11H15BrN2O2S/c1-11(2,3)16-10(15)14-5-4-7-8(6-14)17-9(12)13-7/h4-5,9,13H,6H2,1-3H3. The lowest BCUT2D eigenvalue weighted by Gasteiger charge is -2.26. The molecule has 2 rings (SSSR count). The largest absolute Gasteiger partial charge is 0.443 e. The van der Waals surface area contributed by atoms with Gasteiger partial charge in [-0.15, -0.1) is 0 Å². The normalized spacial score (nSPS) is 23.5. The molecule has 0 fully saturated rings. The molecule has 1 amide bonds. The second-order valence-electron chi connectivity index (χ2n) is 4.84. The summed E-state index contributed by atoms with van der Waals surface area (Å²) in [6.07, 6.45) is 3.35. The molecule has 1 unspecified atom stereocenters. The first-order valence-corrected chi connectivity index (χ1v) is 7.13. The number of thioether (sulfide) groups is 1. The predicted molar refractivity (Wildman–Crippen MR) is 72.5 cm³/mol. The number of hydrogen-bond acceptors (Lipinski definition) is 4. The van der Waals surface area contributed by atoms with Crippen molar-refractivity contribution in [2.45, 2.75) is 30.7 Å². The maximum atomic E-state index is 11.9. The van der Waals surface area contributed by atoms with Crippen LogP contribution in [0.15, 0.2) is 22.9 Å². The fraction of sp³-hybridized carbons (Fsp3) is 0.545. The highest BCUT2D eigenvalue weighted by Gasteiger charge is 2.28. The molecule has 0 saturated heterocycles. The van der Waals surface area contributed by atoms with Crippen molar-refractivity contribution in [1.29, 1.82) is 0 Å². The molecule has 2 heterocycles. The zero-order chi connectivity index (χ0) is 12.6. The lowest BCUT2D eigenvalue weighted by molar-refractivity contribution is 0.0348. The van der Waals surface area contributed by atoms with Crippen LogP contribution in [0.4, 0.5) is 4.79 Å². The van der Waals surface area contributed by atoms with Crippen molar-refractivity contribution in [3.05, 3.63) is 22.9 Å². The first-order chi connectivity index (χ1) is 7.85. The lowest BCUT2D eigenvalue weighted by Crippen LogP contribution is -2.35. The number of carbonyl (C=O) groups excluding carboxylic acids is 1. The van der Waals surface area contributed by atoms with E-state index in [1.807, 2.05) is 26.8 Å². The summed E-state index contributed by atoms with van der Waals surface area (Å²) in [4.78, 5) is 14.6. The van der Waals surface area contributed by atoms with Crippen molar-refractivity contribution in [1.82, 2.24) is 10.2 Å². The van der Waals surface area contributed by atoms with Crippen LogP contribution in [0.5, 0.6) is 0 Å². The van der Waals surface area contributed by atoms with Gasteiger partial charge in [-0.3, -0.25) is 4.90 Å². The minimum Gasteiger partial charge on any atom is -0.443 e. The zero-order valence-electron chi connectivity index (χ0n) is 9.99. The third-order valence-electron chi connectivity index (χ3n) is 2.18. The Hall–Kier alpha value is -0.620. The molecule has 1 N–H and O–H groups in total. The van der Waals surface area contributed by atoms with Crippen molar-refractivity contribution in [2.75, 3.05) is 6.54 Å². The molecule has 4 nitrogen and oxygen atoms in total. The number of nitrogens with one attached hydrogen (secondary N) is 1. The average molecular weight is 319 g/mol. The Labute approximate surface area is 114 Å². The number of rotatable bonds is 0. The van der Waals surface area contributed by atoms with Gasteiger partial charge in [0.1, 0.15) is 9.88 Å². The number of amides is 1. The summed E-state index contributed by atoms with van der Waals surface area (Å²) in [5.74, 6) is 0. The van der Waals surface area contributed by atoms with E-state index < -0.39 is 5.60 Å². The van der Waals surface area contributed by atoms with Gasteiger partial charge in [0.25, 0.3) is 0 Å². The van der Waals surface area contributed by atoms with Gasteiger partial charge >= 0.3 is 6.09 Å². The van der Waals surface area contributed by atoms with E-state index in [-0.39, 0.29) is 10.4 Å². The highest BCUT2D eigenvalue weighted by atomic mass is 79.9. The smallest absolute Gasteiger partial charge is 0.414 e. The number of alkyl halides is 1. The second-order valence-corrected chi connectivity index (χ2v) is 7.56. The molecule has 1 atom stereocenters. The Kier molecular flexibility index (Phi) is 3.45.